The molecule has 1 N–H and O–H groups in total. The van der Waals surface area contributed by atoms with Crippen LogP contribution < -0.4 is 5.32 Å². The molecule has 23 heavy (non-hydrogen) atoms. The maximum absolute atomic E-state index is 12.4. The van der Waals surface area contributed by atoms with Crippen LogP contribution in [0, 0.1) is 39.0 Å². The second-order valence-electron chi connectivity index (χ2n) is 6.68. The monoisotopic (exact) mass is 330 g/mol. The number of amides is 1. The minimum atomic E-state index is -0.636. The van der Waals surface area contributed by atoms with Crippen LogP contribution in [0.4, 0.5) is 0 Å². The van der Waals surface area contributed by atoms with Gasteiger partial charge in [-0.15, -0.1) is 11.8 Å². The van der Waals surface area contributed by atoms with Crippen LogP contribution in [0.1, 0.15) is 54.4 Å². The van der Waals surface area contributed by atoms with Gasteiger partial charge >= 0.3 is 0 Å². The zero-order valence-corrected chi connectivity index (χ0v) is 15.4. The lowest BCUT2D eigenvalue weighted by atomic mass is 9.83. The maximum atomic E-state index is 12.4. The molecule has 1 amide bonds. The Hall–Kier alpha value is -1.47. The van der Waals surface area contributed by atoms with Crippen LogP contribution >= 0.6 is 11.8 Å². The molecule has 124 valence electrons. The first kappa shape index (κ1) is 17.9. The predicted molar refractivity (Wildman–Crippen MR) is 95.7 cm³/mol. The molecule has 0 radical (unpaired) electrons. The Kier molecular flexibility index (Phi) is 5.75. The van der Waals surface area contributed by atoms with E-state index in [-0.39, 0.29) is 5.91 Å². The van der Waals surface area contributed by atoms with E-state index in [0.29, 0.717) is 5.75 Å². The summed E-state index contributed by atoms with van der Waals surface area (Å²) in [6.07, 6.45) is 4.77. The number of rotatable bonds is 4. The topological polar surface area (TPSA) is 52.9 Å². The number of aryl methyl sites for hydroxylation is 2. The van der Waals surface area contributed by atoms with Gasteiger partial charge in [0.1, 0.15) is 5.54 Å². The SMILES string of the molecule is Cc1cc(C)c(C)c(SCC(=O)NC2(C#N)CCCCC2)c1C. The molecular weight excluding hydrogens is 304 g/mol. The van der Waals surface area contributed by atoms with Crippen molar-refractivity contribution in [2.45, 2.75) is 70.2 Å². The van der Waals surface area contributed by atoms with Crippen molar-refractivity contribution in [2.24, 2.45) is 0 Å². The summed E-state index contributed by atoms with van der Waals surface area (Å²) in [4.78, 5) is 13.6. The molecule has 0 saturated heterocycles. The Morgan fingerprint density at radius 1 is 1.17 bits per heavy atom. The van der Waals surface area contributed by atoms with Crippen LogP contribution in [0.3, 0.4) is 0 Å². The summed E-state index contributed by atoms with van der Waals surface area (Å²) in [6, 6.07) is 4.54. The molecular formula is C19H26N2OS. The highest BCUT2D eigenvalue weighted by molar-refractivity contribution is 8.00. The largest absolute Gasteiger partial charge is 0.337 e. The van der Waals surface area contributed by atoms with Crippen LogP contribution in [-0.4, -0.2) is 17.2 Å². The molecule has 0 bridgehead atoms. The van der Waals surface area contributed by atoms with Gasteiger partial charge in [-0.05, 0) is 62.8 Å². The van der Waals surface area contributed by atoms with E-state index in [9.17, 15) is 10.1 Å². The second kappa shape index (κ2) is 7.40. The van der Waals surface area contributed by atoms with E-state index in [0.717, 1.165) is 32.1 Å². The number of carbonyl (C=O) groups excluding carboxylic acids is 1. The molecule has 1 aromatic rings. The van der Waals surface area contributed by atoms with Crippen molar-refractivity contribution in [1.29, 1.82) is 5.26 Å². The molecule has 0 spiro atoms. The first-order valence-electron chi connectivity index (χ1n) is 8.31. The van der Waals surface area contributed by atoms with Gasteiger partial charge in [-0.25, -0.2) is 0 Å². The highest BCUT2D eigenvalue weighted by Crippen LogP contribution is 2.31. The third kappa shape index (κ3) is 4.09. The fourth-order valence-corrected chi connectivity index (χ4v) is 4.36. The van der Waals surface area contributed by atoms with Crippen LogP contribution in [0.25, 0.3) is 0 Å². The molecule has 1 aliphatic carbocycles. The molecule has 1 fully saturated rings. The van der Waals surface area contributed by atoms with Gasteiger partial charge in [-0.2, -0.15) is 5.26 Å². The standard InChI is InChI=1S/C19H26N2OS/c1-13-10-14(2)16(4)18(15(13)3)23-11-17(22)21-19(12-20)8-6-5-7-9-19/h10H,5-9,11H2,1-4H3,(H,21,22). The van der Waals surface area contributed by atoms with E-state index in [1.165, 1.54) is 27.1 Å². The molecule has 3 nitrogen and oxygen atoms in total. The summed E-state index contributed by atoms with van der Waals surface area (Å²) in [6.45, 7) is 8.44. The second-order valence-corrected chi connectivity index (χ2v) is 7.67. The summed E-state index contributed by atoms with van der Waals surface area (Å²) in [5.41, 5.74) is 4.38. The number of thioether (sulfide) groups is 1. The van der Waals surface area contributed by atoms with Crippen molar-refractivity contribution in [1.82, 2.24) is 5.32 Å². The number of nitriles is 1. The van der Waals surface area contributed by atoms with E-state index < -0.39 is 5.54 Å². The van der Waals surface area contributed by atoms with Gasteiger partial charge in [-0.1, -0.05) is 25.3 Å². The van der Waals surface area contributed by atoms with Crippen molar-refractivity contribution < 1.29 is 4.79 Å². The number of nitrogens with zero attached hydrogens (tertiary/aromatic N) is 1. The summed E-state index contributed by atoms with van der Waals surface area (Å²) in [5.74, 6) is 0.338. The number of hydrogen-bond donors (Lipinski definition) is 1. The minimum Gasteiger partial charge on any atom is -0.337 e. The van der Waals surface area contributed by atoms with Crippen molar-refractivity contribution in [3.05, 3.63) is 28.3 Å². The lowest BCUT2D eigenvalue weighted by molar-refractivity contribution is -0.120. The van der Waals surface area contributed by atoms with Crippen molar-refractivity contribution in [2.75, 3.05) is 5.75 Å². The van der Waals surface area contributed by atoms with E-state index in [4.69, 9.17) is 0 Å². The smallest absolute Gasteiger partial charge is 0.231 e. The van der Waals surface area contributed by atoms with Gasteiger partial charge in [-0.3, -0.25) is 4.79 Å². The third-order valence-corrected chi connectivity index (χ3v) is 6.25. The molecule has 0 unspecified atom stereocenters. The number of nitrogens with one attached hydrogen (secondary N) is 1. The van der Waals surface area contributed by atoms with E-state index in [1.54, 1.807) is 11.8 Å². The Bertz CT molecular complexity index is 614. The molecule has 2 rings (SSSR count). The Morgan fingerprint density at radius 2 is 1.74 bits per heavy atom. The fraction of sp³-hybridized carbons (Fsp3) is 0.579. The highest BCUT2D eigenvalue weighted by atomic mass is 32.2. The van der Waals surface area contributed by atoms with Crippen molar-refractivity contribution in [3.8, 4) is 6.07 Å². The first-order valence-corrected chi connectivity index (χ1v) is 9.29. The third-order valence-electron chi connectivity index (χ3n) is 4.94. The Morgan fingerprint density at radius 3 is 2.26 bits per heavy atom. The molecule has 1 aliphatic rings. The lowest BCUT2D eigenvalue weighted by Crippen LogP contribution is -2.49. The Balaban J connectivity index is 2.04. The molecule has 0 atom stereocenters. The number of benzene rings is 1. The zero-order chi connectivity index (χ0) is 17.0. The summed E-state index contributed by atoms with van der Waals surface area (Å²) in [7, 11) is 0. The van der Waals surface area contributed by atoms with Gasteiger partial charge in [0.25, 0.3) is 0 Å². The highest BCUT2D eigenvalue weighted by Gasteiger charge is 2.33. The number of hydrogen-bond acceptors (Lipinski definition) is 3. The summed E-state index contributed by atoms with van der Waals surface area (Å²) < 4.78 is 0. The molecule has 0 aromatic heterocycles. The van der Waals surface area contributed by atoms with E-state index >= 15 is 0 Å². The fourth-order valence-electron chi connectivity index (χ4n) is 3.26. The van der Waals surface area contributed by atoms with Crippen LogP contribution in [0.15, 0.2) is 11.0 Å². The quantitative estimate of drug-likeness (QED) is 0.835. The van der Waals surface area contributed by atoms with Crippen molar-refractivity contribution >= 4 is 17.7 Å². The maximum Gasteiger partial charge on any atom is 0.231 e. The molecule has 1 aromatic carbocycles. The molecule has 4 heteroatoms. The van der Waals surface area contributed by atoms with Crippen molar-refractivity contribution in [3.63, 3.8) is 0 Å². The number of carbonyl (C=O) groups is 1. The summed E-state index contributed by atoms with van der Waals surface area (Å²) >= 11 is 1.59. The predicted octanol–water partition coefficient (Wildman–Crippen LogP) is 4.36. The average Bonchev–Trinajstić information content (AvgIpc) is 2.54. The first-order chi connectivity index (χ1) is 10.9. The van der Waals surface area contributed by atoms with Gasteiger partial charge in [0.15, 0.2) is 0 Å². The lowest BCUT2D eigenvalue weighted by Gasteiger charge is -2.31. The van der Waals surface area contributed by atoms with Crippen LogP contribution in [-0.2, 0) is 4.79 Å². The molecule has 1 saturated carbocycles. The minimum absolute atomic E-state index is 0.0311. The normalized spacial score (nSPS) is 16.7. The summed E-state index contributed by atoms with van der Waals surface area (Å²) in [5, 5.41) is 12.5. The van der Waals surface area contributed by atoms with Crippen LogP contribution in [0.5, 0.6) is 0 Å². The molecule has 0 heterocycles. The van der Waals surface area contributed by atoms with Gasteiger partial charge in [0, 0.05) is 4.90 Å². The average molecular weight is 330 g/mol. The van der Waals surface area contributed by atoms with Crippen LogP contribution in [0.2, 0.25) is 0 Å². The van der Waals surface area contributed by atoms with Gasteiger partial charge in [0.2, 0.25) is 5.91 Å². The van der Waals surface area contributed by atoms with Gasteiger partial charge < -0.3 is 5.32 Å². The molecule has 0 aliphatic heterocycles. The zero-order valence-electron chi connectivity index (χ0n) is 14.6. The Labute approximate surface area is 143 Å². The van der Waals surface area contributed by atoms with E-state index in [2.05, 4.69) is 45.1 Å². The van der Waals surface area contributed by atoms with E-state index in [1.807, 2.05) is 0 Å². The van der Waals surface area contributed by atoms with Gasteiger partial charge in [0.05, 0.1) is 11.8 Å².